The number of pyridine rings is 1. The van der Waals surface area contributed by atoms with Crippen LogP contribution in [0.15, 0.2) is 36.5 Å². The van der Waals surface area contributed by atoms with Gasteiger partial charge in [-0.05, 0) is 35.9 Å². The fourth-order valence-electron chi connectivity index (χ4n) is 3.00. The smallest absolute Gasteiger partial charge is 0.255 e. The van der Waals surface area contributed by atoms with Gasteiger partial charge in [0.2, 0.25) is 0 Å². The largest absolute Gasteiger partial charge is 0.363 e. The minimum Gasteiger partial charge on any atom is -0.363 e. The molecule has 1 aliphatic heterocycles. The number of piperazine rings is 1. The molecule has 2 aromatic rings. The van der Waals surface area contributed by atoms with Crippen LogP contribution in [0.4, 0.5) is 5.82 Å². The normalized spacial score (nSPS) is 15.2. The van der Waals surface area contributed by atoms with Crippen molar-refractivity contribution < 1.29 is 4.79 Å². The van der Waals surface area contributed by atoms with Crippen molar-refractivity contribution in [1.29, 1.82) is 0 Å². The van der Waals surface area contributed by atoms with Gasteiger partial charge >= 0.3 is 0 Å². The highest BCUT2D eigenvalue weighted by Gasteiger charge is 2.23. The summed E-state index contributed by atoms with van der Waals surface area (Å²) in [7, 11) is 3.97. The van der Waals surface area contributed by atoms with E-state index in [1.165, 1.54) is 5.56 Å². The van der Waals surface area contributed by atoms with Crippen LogP contribution in [0.25, 0.3) is 0 Å². The first-order chi connectivity index (χ1) is 12.4. The van der Waals surface area contributed by atoms with Crippen LogP contribution in [0, 0.1) is 0 Å². The van der Waals surface area contributed by atoms with E-state index >= 15 is 0 Å². The number of rotatable bonds is 4. The Hall–Kier alpha value is -1.82. The Morgan fingerprint density at radius 1 is 1.12 bits per heavy atom. The van der Waals surface area contributed by atoms with Crippen LogP contribution >= 0.6 is 23.2 Å². The molecule has 138 valence electrons. The minimum atomic E-state index is -0.0369. The third kappa shape index (κ3) is 4.47. The van der Waals surface area contributed by atoms with E-state index < -0.39 is 0 Å². The van der Waals surface area contributed by atoms with E-state index in [0.717, 1.165) is 25.5 Å². The lowest BCUT2D eigenvalue weighted by Crippen LogP contribution is -2.48. The number of hydrogen-bond acceptors (Lipinski definition) is 4. The minimum absolute atomic E-state index is 0.0369. The van der Waals surface area contributed by atoms with Crippen molar-refractivity contribution in [1.82, 2.24) is 14.8 Å². The Bertz CT molecular complexity index is 789. The van der Waals surface area contributed by atoms with Gasteiger partial charge in [0.15, 0.2) is 0 Å². The molecule has 7 heteroatoms. The number of nitrogens with zero attached hydrogens (tertiary/aromatic N) is 4. The lowest BCUT2D eigenvalue weighted by molar-refractivity contribution is 0.0628. The zero-order chi connectivity index (χ0) is 18.7. The number of hydrogen-bond donors (Lipinski definition) is 0. The van der Waals surface area contributed by atoms with Gasteiger partial charge in [-0.1, -0.05) is 23.2 Å². The van der Waals surface area contributed by atoms with Gasteiger partial charge in [0.05, 0.1) is 10.6 Å². The second-order valence-electron chi connectivity index (χ2n) is 6.61. The van der Waals surface area contributed by atoms with Gasteiger partial charge in [-0.2, -0.15) is 0 Å². The van der Waals surface area contributed by atoms with E-state index in [9.17, 15) is 4.79 Å². The standard InChI is InChI=1S/C19H22Cl2N4O/c1-23(2)18-11-14(5-6-22-18)13-24-7-9-25(10-8-24)19(26)16-4-3-15(20)12-17(16)21/h3-6,11-12H,7-10,13H2,1-2H3. The molecule has 0 spiro atoms. The van der Waals surface area contributed by atoms with E-state index in [-0.39, 0.29) is 5.91 Å². The summed E-state index contributed by atoms with van der Waals surface area (Å²) in [5.74, 6) is 0.916. The van der Waals surface area contributed by atoms with E-state index in [4.69, 9.17) is 23.2 Å². The molecule has 2 heterocycles. The predicted octanol–water partition coefficient (Wildman–Crippen LogP) is 3.41. The van der Waals surface area contributed by atoms with Gasteiger partial charge in [-0.15, -0.1) is 0 Å². The molecule has 0 atom stereocenters. The van der Waals surface area contributed by atoms with Gasteiger partial charge in [-0.25, -0.2) is 4.98 Å². The molecular weight excluding hydrogens is 371 g/mol. The summed E-state index contributed by atoms with van der Waals surface area (Å²) in [5, 5.41) is 0.934. The summed E-state index contributed by atoms with van der Waals surface area (Å²) < 4.78 is 0. The number of anilines is 1. The van der Waals surface area contributed by atoms with Gasteiger partial charge in [0, 0.05) is 58.0 Å². The first-order valence-corrected chi connectivity index (χ1v) is 9.28. The first-order valence-electron chi connectivity index (χ1n) is 8.53. The molecule has 1 fully saturated rings. The molecule has 1 saturated heterocycles. The lowest BCUT2D eigenvalue weighted by atomic mass is 10.1. The summed E-state index contributed by atoms with van der Waals surface area (Å²) in [5.41, 5.74) is 1.73. The molecule has 1 aliphatic rings. The Morgan fingerprint density at radius 3 is 2.50 bits per heavy atom. The summed E-state index contributed by atoms with van der Waals surface area (Å²) in [4.78, 5) is 23.2. The van der Waals surface area contributed by atoms with Crippen molar-refractivity contribution >= 4 is 34.9 Å². The zero-order valence-corrected chi connectivity index (χ0v) is 16.5. The topological polar surface area (TPSA) is 39.7 Å². The third-order valence-electron chi connectivity index (χ3n) is 4.50. The molecule has 1 amide bonds. The van der Waals surface area contributed by atoms with Gasteiger partial charge < -0.3 is 9.80 Å². The van der Waals surface area contributed by atoms with Crippen LogP contribution in [-0.4, -0.2) is 61.0 Å². The molecule has 0 bridgehead atoms. The van der Waals surface area contributed by atoms with Crippen LogP contribution in [0.3, 0.4) is 0 Å². The van der Waals surface area contributed by atoms with Crippen LogP contribution in [0.1, 0.15) is 15.9 Å². The molecular formula is C19H22Cl2N4O. The first kappa shape index (κ1) is 19.0. The Kier molecular flexibility index (Phi) is 6.01. The molecule has 0 saturated carbocycles. The van der Waals surface area contributed by atoms with Crippen LogP contribution in [0.5, 0.6) is 0 Å². The third-order valence-corrected chi connectivity index (χ3v) is 5.04. The van der Waals surface area contributed by atoms with Crippen molar-refractivity contribution in [3.8, 4) is 0 Å². The molecule has 0 N–H and O–H groups in total. The maximum absolute atomic E-state index is 12.7. The second-order valence-corrected chi connectivity index (χ2v) is 7.45. The van der Waals surface area contributed by atoms with E-state index in [2.05, 4.69) is 16.0 Å². The van der Waals surface area contributed by atoms with E-state index in [1.807, 2.05) is 36.2 Å². The molecule has 26 heavy (non-hydrogen) atoms. The van der Waals surface area contributed by atoms with E-state index in [0.29, 0.717) is 28.7 Å². The molecule has 1 aromatic heterocycles. The number of amides is 1. The van der Waals surface area contributed by atoms with Crippen molar-refractivity contribution in [2.75, 3.05) is 45.2 Å². The highest BCUT2D eigenvalue weighted by atomic mass is 35.5. The lowest BCUT2D eigenvalue weighted by Gasteiger charge is -2.35. The maximum atomic E-state index is 12.7. The quantitative estimate of drug-likeness (QED) is 0.798. The van der Waals surface area contributed by atoms with Crippen molar-refractivity contribution in [3.05, 3.63) is 57.7 Å². The van der Waals surface area contributed by atoms with Crippen molar-refractivity contribution in [2.45, 2.75) is 6.54 Å². The summed E-state index contributed by atoms with van der Waals surface area (Å²) in [6.45, 7) is 3.88. The van der Waals surface area contributed by atoms with Crippen molar-refractivity contribution in [3.63, 3.8) is 0 Å². The average molecular weight is 393 g/mol. The molecule has 5 nitrogen and oxygen atoms in total. The van der Waals surface area contributed by atoms with Gasteiger partial charge in [0.1, 0.15) is 5.82 Å². The number of carbonyl (C=O) groups is 1. The summed E-state index contributed by atoms with van der Waals surface area (Å²) >= 11 is 12.1. The maximum Gasteiger partial charge on any atom is 0.255 e. The number of benzene rings is 1. The predicted molar refractivity (Wildman–Crippen MR) is 106 cm³/mol. The molecule has 3 rings (SSSR count). The Labute approximate surface area is 164 Å². The summed E-state index contributed by atoms with van der Waals surface area (Å²) in [6.07, 6.45) is 1.84. The number of carbonyl (C=O) groups excluding carboxylic acids is 1. The number of aromatic nitrogens is 1. The fourth-order valence-corrected chi connectivity index (χ4v) is 3.49. The SMILES string of the molecule is CN(C)c1cc(CN2CCN(C(=O)c3ccc(Cl)cc3Cl)CC2)ccn1. The monoisotopic (exact) mass is 392 g/mol. The zero-order valence-electron chi connectivity index (χ0n) is 15.0. The average Bonchev–Trinajstić information content (AvgIpc) is 2.62. The van der Waals surface area contributed by atoms with Crippen LogP contribution in [-0.2, 0) is 6.54 Å². The van der Waals surface area contributed by atoms with Crippen LogP contribution < -0.4 is 4.90 Å². The second kappa shape index (κ2) is 8.25. The summed E-state index contributed by atoms with van der Waals surface area (Å²) in [6, 6.07) is 9.14. The molecule has 0 aliphatic carbocycles. The molecule has 0 unspecified atom stereocenters. The fraction of sp³-hybridized carbons (Fsp3) is 0.368. The van der Waals surface area contributed by atoms with Gasteiger partial charge in [-0.3, -0.25) is 9.69 Å². The Morgan fingerprint density at radius 2 is 1.85 bits per heavy atom. The Balaban J connectivity index is 1.59. The number of halogens is 2. The van der Waals surface area contributed by atoms with E-state index in [1.54, 1.807) is 18.2 Å². The highest BCUT2D eigenvalue weighted by molar-refractivity contribution is 6.36. The van der Waals surface area contributed by atoms with Crippen LogP contribution in [0.2, 0.25) is 10.0 Å². The molecule has 1 aromatic carbocycles. The highest BCUT2D eigenvalue weighted by Crippen LogP contribution is 2.23. The van der Waals surface area contributed by atoms with Crippen molar-refractivity contribution in [2.24, 2.45) is 0 Å². The van der Waals surface area contributed by atoms with Gasteiger partial charge in [0.25, 0.3) is 5.91 Å². The molecule has 0 radical (unpaired) electrons.